The molecule has 0 saturated heterocycles. The van der Waals surface area contributed by atoms with E-state index in [0.29, 0.717) is 22.8 Å². The molecule has 3 rings (SSSR count). The van der Waals surface area contributed by atoms with Crippen molar-refractivity contribution in [2.75, 3.05) is 5.32 Å². The molecular weight excluding hydrogens is 356 g/mol. The number of benzene rings is 1. The second-order valence-electron chi connectivity index (χ2n) is 5.67. The van der Waals surface area contributed by atoms with Gasteiger partial charge in [0.05, 0.1) is 28.7 Å². The van der Waals surface area contributed by atoms with E-state index in [9.17, 15) is 9.59 Å². The monoisotopic (exact) mass is 372 g/mol. The zero-order valence-corrected chi connectivity index (χ0v) is 15.0. The molecule has 0 unspecified atom stereocenters. The number of rotatable bonds is 5. The molecule has 0 radical (unpaired) electrons. The fourth-order valence-electron chi connectivity index (χ4n) is 2.46. The van der Waals surface area contributed by atoms with Crippen LogP contribution >= 0.6 is 11.6 Å². The molecule has 0 aliphatic heterocycles. The Morgan fingerprint density at radius 2 is 1.88 bits per heavy atom. The Kier molecular flexibility index (Phi) is 5.04. The maximum Gasteiger partial charge on any atom is 0.271 e. The number of aryl methyl sites for hydroxylation is 2. The first kappa shape index (κ1) is 17.7. The summed E-state index contributed by atoms with van der Waals surface area (Å²) in [5.41, 5.74) is 1.74. The Bertz CT molecular complexity index is 962. The van der Waals surface area contributed by atoms with E-state index in [-0.39, 0.29) is 11.6 Å². The van der Waals surface area contributed by atoms with Gasteiger partial charge in [0.15, 0.2) is 0 Å². The maximum absolute atomic E-state index is 12.5. The summed E-state index contributed by atoms with van der Waals surface area (Å²) in [5.74, 6) is -0.770. The van der Waals surface area contributed by atoms with E-state index in [1.54, 1.807) is 49.2 Å². The summed E-state index contributed by atoms with van der Waals surface area (Å²) in [5, 5.41) is 13.9. The Morgan fingerprint density at radius 3 is 2.58 bits per heavy atom. The van der Waals surface area contributed by atoms with Crippen LogP contribution in [-0.4, -0.2) is 31.4 Å². The summed E-state index contributed by atoms with van der Waals surface area (Å²) < 4.78 is 3.06. The van der Waals surface area contributed by atoms with Crippen LogP contribution in [0.25, 0.3) is 0 Å². The van der Waals surface area contributed by atoms with Gasteiger partial charge in [0, 0.05) is 32.4 Å². The molecule has 2 N–H and O–H groups in total. The van der Waals surface area contributed by atoms with Crippen molar-refractivity contribution in [3.05, 3.63) is 64.7 Å². The van der Waals surface area contributed by atoms with E-state index in [0.717, 1.165) is 5.56 Å². The normalized spacial score (nSPS) is 10.6. The highest BCUT2D eigenvalue weighted by atomic mass is 35.5. The smallest absolute Gasteiger partial charge is 0.271 e. The molecule has 2 amide bonds. The van der Waals surface area contributed by atoms with Crippen LogP contribution in [0.2, 0.25) is 5.02 Å². The van der Waals surface area contributed by atoms with Crippen LogP contribution in [0.15, 0.2) is 42.9 Å². The highest BCUT2D eigenvalue weighted by Crippen LogP contribution is 2.19. The lowest BCUT2D eigenvalue weighted by atomic mass is 10.2. The number of anilines is 1. The number of hydrogen-bond donors (Lipinski definition) is 2. The van der Waals surface area contributed by atoms with Gasteiger partial charge in [-0.25, -0.2) is 0 Å². The fourth-order valence-corrected chi connectivity index (χ4v) is 2.68. The number of hydrogen-bond acceptors (Lipinski definition) is 4. The molecule has 0 aliphatic rings. The van der Waals surface area contributed by atoms with Crippen molar-refractivity contribution in [1.82, 2.24) is 24.9 Å². The Morgan fingerprint density at radius 1 is 1.12 bits per heavy atom. The topological polar surface area (TPSA) is 93.8 Å². The predicted molar refractivity (Wildman–Crippen MR) is 97.0 cm³/mol. The lowest BCUT2D eigenvalue weighted by Gasteiger charge is -2.09. The molecule has 0 bridgehead atoms. The highest BCUT2D eigenvalue weighted by molar-refractivity contribution is 6.34. The number of aromatic nitrogens is 4. The average Bonchev–Trinajstić information content (AvgIpc) is 3.19. The van der Waals surface area contributed by atoms with E-state index >= 15 is 0 Å². The summed E-state index contributed by atoms with van der Waals surface area (Å²) in [6, 6.07) is 6.68. The zero-order chi connectivity index (χ0) is 18.7. The van der Waals surface area contributed by atoms with E-state index in [1.165, 1.54) is 10.9 Å². The van der Waals surface area contributed by atoms with E-state index in [1.807, 2.05) is 6.20 Å². The van der Waals surface area contributed by atoms with Gasteiger partial charge < -0.3 is 10.6 Å². The SMILES string of the molecule is Cn1cc(CNC(=O)c2c(NC(=O)c3ccccc3Cl)cnn2C)cn1. The Labute approximate surface area is 154 Å². The van der Waals surface area contributed by atoms with Gasteiger partial charge in [-0.2, -0.15) is 10.2 Å². The second kappa shape index (κ2) is 7.40. The number of halogens is 1. The molecular formula is C17H17ClN6O2. The van der Waals surface area contributed by atoms with Crippen molar-refractivity contribution in [2.45, 2.75) is 6.54 Å². The molecule has 2 aromatic heterocycles. The van der Waals surface area contributed by atoms with Crippen LogP contribution in [0.3, 0.4) is 0 Å². The fraction of sp³-hybridized carbons (Fsp3) is 0.176. The van der Waals surface area contributed by atoms with Gasteiger partial charge in [0.1, 0.15) is 5.69 Å². The number of carbonyl (C=O) groups excluding carboxylic acids is 2. The van der Waals surface area contributed by atoms with E-state index in [4.69, 9.17) is 11.6 Å². The molecule has 3 aromatic rings. The minimum atomic E-state index is -0.412. The molecule has 0 spiro atoms. The van der Waals surface area contributed by atoms with Crippen molar-refractivity contribution >= 4 is 29.1 Å². The van der Waals surface area contributed by atoms with Crippen LogP contribution in [0.5, 0.6) is 0 Å². The summed E-state index contributed by atoms with van der Waals surface area (Å²) in [6.45, 7) is 0.315. The first-order valence-corrected chi connectivity index (χ1v) is 8.17. The van der Waals surface area contributed by atoms with Gasteiger partial charge in [-0.05, 0) is 12.1 Å². The largest absolute Gasteiger partial charge is 0.346 e. The first-order chi connectivity index (χ1) is 12.5. The zero-order valence-electron chi connectivity index (χ0n) is 14.2. The van der Waals surface area contributed by atoms with Crippen LogP contribution in [0.1, 0.15) is 26.4 Å². The van der Waals surface area contributed by atoms with Gasteiger partial charge in [-0.3, -0.25) is 19.0 Å². The van der Waals surface area contributed by atoms with Gasteiger partial charge in [-0.1, -0.05) is 23.7 Å². The van der Waals surface area contributed by atoms with Crippen LogP contribution in [0, 0.1) is 0 Å². The summed E-state index contributed by atoms with van der Waals surface area (Å²) in [4.78, 5) is 25.0. The van der Waals surface area contributed by atoms with Crippen molar-refractivity contribution in [2.24, 2.45) is 14.1 Å². The number of nitrogens with one attached hydrogen (secondary N) is 2. The summed E-state index contributed by atoms with van der Waals surface area (Å²) in [6.07, 6.45) is 4.90. The van der Waals surface area contributed by atoms with Crippen LogP contribution in [-0.2, 0) is 20.6 Å². The molecule has 2 heterocycles. The molecule has 134 valence electrons. The summed E-state index contributed by atoms with van der Waals surface area (Å²) >= 11 is 6.04. The third kappa shape index (κ3) is 3.75. The lowest BCUT2D eigenvalue weighted by molar-refractivity contribution is 0.0942. The van der Waals surface area contributed by atoms with Gasteiger partial charge >= 0.3 is 0 Å². The minimum absolute atomic E-state index is 0.245. The number of nitrogens with zero attached hydrogens (tertiary/aromatic N) is 4. The molecule has 0 aliphatic carbocycles. The van der Waals surface area contributed by atoms with Gasteiger partial charge in [-0.15, -0.1) is 0 Å². The van der Waals surface area contributed by atoms with E-state index in [2.05, 4.69) is 20.8 Å². The van der Waals surface area contributed by atoms with Gasteiger partial charge in [0.2, 0.25) is 0 Å². The second-order valence-corrected chi connectivity index (χ2v) is 6.08. The molecule has 0 fully saturated rings. The van der Waals surface area contributed by atoms with Crippen molar-refractivity contribution < 1.29 is 9.59 Å². The Hall–Kier alpha value is -3.13. The van der Waals surface area contributed by atoms with Crippen molar-refractivity contribution in [3.63, 3.8) is 0 Å². The number of carbonyl (C=O) groups is 2. The maximum atomic E-state index is 12.5. The average molecular weight is 373 g/mol. The molecule has 26 heavy (non-hydrogen) atoms. The number of amides is 2. The van der Waals surface area contributed by atoms with E-state index < -0.39 is 5.91 Å². The standard InChI is InChI=1S/C17H17ClN6O2/c1-23-10-11(8-20-23)7-19-17(26)15-14(9-21-24(15)2)22-16(25)12-5-3-4-6-13(12)18/h3-6,8-10H,7H2,1-2H3,(H,19,26)(H,22,25). The third-order valence-electron chi connectivity index (χ3n) is 3.73. The lowest BCUT2D eigenvalue weighted by Crippen LogP contribution is -2.26. The molecule has 0 saturated carbocycles. The third-order valence-corrected chi connectivity index (χ3v) is 4.06. The first-order valence-electron chi connectivity index (χ1n) is 7.79. The van der Waals surface area contributed by atoms with Crippen LogP contribution < -0.4 is 10.6 Å². The molecule has 9 heteroatoms. The molecule has 0 atom stereocenters. The minimum Gasteiger partial charge on any atom is -0.346 e. The quantitative estimate of drug-likeness (QED) is 0.716. The predicted octanol–water partition coefficient (Wildman–Crippen LogP) is 1.99. The molecule has 1 aromatic carbocycles. The summed E-state index contributed by atoms with van der Waals surface area (Å²) in [7, 11) is 3.43. The Balaban J connectivity index is 1.75. The van der Waals surface area contributed by atoms with Gasteiger partial charge in [0.25, 0.3) is 11.8 Å². The van der Waals surface area contributed by atoms with Crippen molar-refractivity contribution in [3.8, 4) is 0 Å². The highest BCUT2D eigenvalue weighted by Gasteiger charge is 2.20. The van der Waals surface area contributed by atoms with Crippen molar-refractivity contribution in [1.29, 1.82) is 0 Å². The van der Waals surface area contributed by atoms with Crippen LogP contribution in [0.4, 0.5) is 5.69 Å². The molecule has 8 nitrogen and oxygen atoms in total.